The maximum absolute atomic E-state index is 6.05. The molecule has 24 heavy (non-hydrogen) atoms. The molecule has 3 nitrogen and oxygen atoms in total. The maximum Gasteiger partial charge on any atom is 0.119 e. The van der Waals surface area contributed by atoms with Crippen molar-refractivity contribution in [2.24, 2.45) is 11.7 Å². The first-order valence-electron chi connectivity index (χ1n) is 8.59. The molecular weight excluding hydrogens is 298 g/mol. The van der Waals surface area contributed by atoms with E-state index in [-0.39, 0.29) is 0 Å². The van der Waals surface area contributed by atoms with Gasteiger partial charge in [-0.15, -0.1) is 0 Å². The van der Waals surface area contributed by atoms with Crippen LogP contribution in [0, 0.1) is 12.8 Å². The molecule has 0 heterocycles. The molecule has 0 fully saturated rings. The van der Waals surface area contributed by atoms with Gasteiger partial charge in [-0.2, -0.15) is 0 Å². The molecule has 2 rings (SSSR count). The third-order valence-electron chi connectivity index (χ3n) is 4.19. The quantitative estimate of drug-likeness (QED) is 0.785. The molecule has 2 aromatic rings. The van der Waals surface area contributed by atoms with E-state index in [0.29, 0.717) is 18.4 Å². The molecule has 0 saturated heterocycles. The van der Waals surface area contributed by atoms with E-state index in [4.69, 9.17) is 15.2 Å². The molecule has 0 spiro atoms. The van der Waals surface area contributed by atoms with E-state index in [0.717, 1.165) is 24.5 Å². The molecule has 0 radical (unpaired) electrons. The van der Waals surface area contributed by atoms with Gasteiger partial charge in [0.15, 0.2) is 0 Å². The van der Waals surface area contributed by atoms with E-state index in [1.807, 2.05) is 18.2 Å². The van der Waals surface area contributed by atoms with Crippen molar-refractivity contribution < 1.29 is 9.47 Å². The topological polar surface area (TPSA) is 44.5 Å². The van der Waals surface area contributed by atoms with Gasteiger partial charge < -0.3 is 15.2 Å². The second kappa shape index (κ2) is 8.74. The molecule has 2 aromatic carbocycles. The SMILES string of the molecule is COc1ccc(C(CN)Cc2ccc(OCC(C)C)cc2)c(C)c1. The number of nitrogens with two attached hydrogens (primary N) is 1. The lowest BCUT2D eigenvalue weighted by Gasteiger charge is -2.19. The Morgan fingerprint density at radius 1 is 1.00 bits per heavy atom. The molecule has 0 aliphatic heterocycles. The average molecular weight is 327 g/mol. The number of aryl methyl sites for hydroxylation is 1. The van der Waals surface area contributed by atoms with Crippen LogP contribution in [-0.4, -0.2) is 20.3 Å². The highest BCUT2D eigenvalue weighted by Crippen LogP contribution is 2.27. The summed E-state index contributed by atoms with van der Waals surface area (Å²) in [7, 11) is 1.69. The summed E-state index contributed by atoms with van der Waals surface area (Å²) in [6, 6.07) is 14.6. The molecule has 2 N–H and O–H groups in total. The van der Waals surface area contributed by atoms with Gasteiger partial charge in [0, 0.05) is 5.92 Å². The van der Waals surface area contributed by atoms with Gasteiger partial charge in [-0.25, -0.2) is 0 Å². The van der Waals surface area contributed by atoms with Crippen LogP contribution >= 0.6 is 0 Å². The zero-order chi connectivity index (χ0) is 17.5. The van der Waals surface area contributed by atoms with Crippen LogP contribution in [0.5, 0.6) is 11.5 Å². The normalized spacial score (nSPS) is 12.2. The molecule has 0 amide bonds. The van der Waals surface area contributed by atoms with Gasteiger partial charge >= 0.3 is 0 Å². The molecule has 0 aliphatic carbocycles. The number of ether oxygens (including phenoxy) is 2. The Kier molecular flexibility index (Phi) is 6.68. The fourth-order valence-corrected chi connectivity index (χ4v) is 2.82. The number of rotatable bonds is 8. The van der Waals surface area contributed by atoms with E-state index in [1.54, 1.807) is 7.11 Å². The highest BCUT2D eigenvalue weighted by atomic mass is 16.5. The Morgan fingerprint density at radius 2 is 1.67 bits per heavy atom. The maximum atomic E-state index is 6.05. The van der Waals surface area contributed by atoms with E-state index < -0.39 is 0 Å². The highest BCUT2D eigenvalue weighted by Gasteiger charge is 2.14. The summed E-state index contributed by atoms with van der Waals surface area (Å²) in [5.41, 5.74) is 9.84. The second-order valence-corrected chi connectivity index (χ2v) is 6.71. The largest absolute Gasteiger partial charge is 0.497 e. The Hall–Kier alpha value is -2.00. The molecule has 1 atom stereocenters. The molecule has 1 unspecified atom stereocenters. The minimum atomic E-state index is 0.304. The third kappa shape index (κ3) is 5.00. The predicted octanol–water partition coefficient (Wildman–Crippen LogP) is 4.32. The van der Waals surface area contributed by atoms with Crippen LogP contribution < -0.4 is 15.2 Å². The Labute approximate surface area is 145 Å². The van der Waals surface area contributed by atoms with Crippen LogP contribution in [0.3, 0.4) is 0 Å². The summed E-state index contributed by atoms with van der Waals surface area (Å²) in [5, 5.41) is 0. The van der Waals surface area contributed by atoms with E-state index in [2.05, 4.69) is 45.0 Å². The van der Waals surface area contributed by atoms with E-state index in [9.17, 15) is 0 Å². The van der Waals surface area contributed by atoms with Crippen molar-refractivity contribution in [1.82, 2.24) is 0 Å². The van der Waals surface area contributed by atoms with Gasteiger partial charge in [-0.3, -0.25) is 0 Å². The van der Waals surface area contributed by atoms with Crippen LogP contribution in [0.15, 0.2) is 42.5 Å². The minimum Gasteiger partial charge on any atom is -0.497 e. The van der Waals surface area contributed by atoms with Crippen molar-refractivity contribution in [1.29, 1.82) is 0 Å². The number of hydrogen-bond acceptors (Lipinski definition) is 3. The highest BCUT2D eigenvalue weighted by molar-refractivity contribution is 5.38. The van der Waals surface area contributed by atoms with Gasteiger partial charge in [0.25, 0.3) is 0 Å². The van der Waals surface area contributed by atoms with Gasteiger partial charge in [0.1, 0.15) is 11.5 Å². The fraction of sp³-hybridized carbons (Fsp3) is 0.429. The first-order valence-corrected chi connectivity index (χ1v) is 8.59. The number of methoxy groups -OCH3 is 1. The van der Waals surface area contributed by atoms with Crippen molar-refractivity contribution in [2.75, 3.05) is 20.3 Å². The lowest BCUT2D eigenvalue weighted by atomic mass is 9.89. The standard InChI is InChI=1S/C21H29NO2/c1-15(2)14-24-19-7-5-17(6-8-19)12-18(13-22)21-10-9-20(23-4)11-16(21)3/h5-11,15,18H,12-14,22H2,1-4H3. The van der Waals surface area contributed by atoms with Crippen LogP contribution in [-0.2, 0) is 6.42 Å². The summed E-state index contributed by atoms with van der Waals surface area (Å²) in [6.45, 7) is 7.78. The zero-order valence-electron chi connectivity index (χ0n) is 15.2. The number of benzene rings is 2. The van der Waals surface area contributed by atoms with Crippen molar-refractivity contribution in [3.63, 3.8) is 0 Å². The van der Waals surface area contributed by atoms with Crippen molar-refractivity contribution in [3.05, 3.63) is 59.2 Å². The second-order valence-electron chi connectivity index (χ2n) is 6.71. The monoisotopic (exact) mass is 327 g/mol. The smallest absolute Gasteiger partial charge is 0.119 e. The molecule has 0 bridgehead atoms. The van der Waals surface area contributed by atoms with Crippen LogP contribution in [0.4, 0.5) is 0 Å². The lowest BCUT2D eigenvalue weighted by Crippen LogP contribution is -2.16. The van der Waals surface area contributed by atoms with Crippen molar-refractivity contribution >= 4 is 0 Å². The molecule has 130 valence electrons. The molecule has 0 aliphatic rings. The van der Waals surface area contributed by atoms with Crippen LogP contribution in [0.25, 0.3) is 0 Å². The predicted molar refractivity (Wildman–Crippen MR) is 100 cm³/mol. The van der Waals surface area contributed by atoms with Crippen molar-refractivity contribution in [2.45, 2.75) is 33.1 Å². The summed E-state index contributed by atoms with van der Waals surface area (Å²) >= 11 is 0. The third-order valence-corrected chi connectivity index (χ3v) is 4.19. The Bertz CT molecular complexity index is 635. The molecule has 0 aromatic heterocycles. The Morgan fingerprint density at radius 3 is 2.21 bits per heavy atom. The van der Waals surface area contributed by atoms with Crippen LogP contribution in [0.2, 0.25) is 0 Å². The van der Waals surface area contributed by atoms with Gasteiger partial charge in [-0.05, 0) is 66.8 Å². The summed E-state index contributed by atoms with van der Waals surface area (Å²) < 4.78 is 11.0. The summed E-state index contributed by atoms with van der Waals surface area (Å²) in [5.74, 6) is 2.65. The lowest BCUT2D eigenvalue weighted by molar-refractivity contribution is 0.271. The van der Waals surface area contributed by atoms with Gasteiger partial charge in [-0.1, -0.05) is 32.0 Å². The first-order chi connectivity index (χ1) is 11.5. The minimum absolute atomic E-state index is 0.304. The molecular formula is C21H29NO2. The van der Waals surface area contributed by atoms with E-state index in [1.165, 1.54) is 16.7 Å². The molecule has 3 heteroatoms. The summed E-state index contributed by atoms with van der Waals surface area (Å²) in [6.07, 6.45) is 0.925. The first kappa shape index (κ1) is 18.3. The van der Waals surface area contributed by atoms with Crippen molar-refractivity contribution in [3.8, 4) is 11.5 Å². The molecule has 0 saturated carbocycles. The van der Waals surface area contributed by atoms with Gasteiger partial charge in [0.2, 0.25) is 0 Å². The van der Waals surface area contributed by atoms with E-state index >= 15 is 0 Å². The average Bonchev–Trinajstić information content (AvgIpc) is 2.59. The number of hydrogen-bond donors (Lipinski definition) is 1. The summed E-state index contributed by atoms with van der Waals surface area (Å²) in [4.78, 5) is 0. The van der Waals surface area contributed by atoms with Crippen LogP contribution in [0.1, 0.15) is 36.5 Å². The fourth-order valence-electron chi connectivity index (χ4n) is 2.82. The Balaban J connectivity index is 2.07. The zero-order valence-corrected chi connectivity index (χ0v) is 15.2. The van der Waals surface area contributed by atoms with Gasteiger partial charge in [0.05, 0.1) is 13.7 Å².